The summed E-state index contributed by atoms with van der Waals surface area (Å²) in [6.45, 7) is 2.83. The molecular weight excluding hydrogens is 584 g/mol. The largest absolute Gasteiger partial charge is 0.294 e. The van der Waals surface area contributed by atoms with Gasteiger partial charge in [-0.05, 0) is 54.7 Å². The summed E-state index contributed by atoms with van der Waals surface area (Å²) < 4.78 is 2.20. The number of benzene rings is 2. The van der Waals surface area contributed by atoms with Crippen molar-refractivity contribution in [1.29, 1.82) is 0 Å². The summed E-state index contributed by atoms with van der Waals surface area (Å²) >= 11 is 10.2. The number of aliphatic imine (C=N–C) groups is 1. The van der Waals surface area contributed by atoms with Crippen LogP contribution in [0.15, 0.2) is 62.5 Å². The topological polar surface area (TPSA) is 32.7 Å². The van der Waals surface area contributed by atoms with Crippen LogP contribution in [0.2, 0.25) is 0 Å². The van der Waals surface area contributed by atoms with E-state index in [1.54, 1.807) is 0 Å². The van der Waals surface area contributed by atoms with Gasteiger partial charge < -0.3 is 0 Å². The third-order valence-electron chi connectivity index (χ3n) is 5.80. The number of rotatable bonds is 6. The van der Waals surface area contributed by atoms with E-state index >= 15 is 0 Å². The van der Waals surface area contributed by atoms with Crippen molar-refractivity contribution in [1.82, 2.24) is 4.90 Å². The lowest BCUT2D eigenvalue weighted by atomic mass is 9.98. The molecule has 1 saturated carbocycles. The average molecular weight is 613 g/mol. The van der Waals surface area contributed by atoms with Crippen LogP contribution in [0.5, 0.6) is 0 Å². The van der Waals surface area contributed by atoms with Gasteiger partial charge in [-0.15, -0.1) is 0 Å². The first-order valence-corrected chi connectivity index (χ1v) is 13.6. The minimum atomic E-state index is -0.418. The van der Waals surface area contributed by atoms with Crippen LogP contribution in [0.1, 0.15) is 63.0 Å². The first kappa shape index (κ1) is 24.7. The van der Waals surface area contributed by atoms with Crippen LogP contribution in [-0.2, 0) is 16.7 Å². The quantitative estimate of drug-likeness (QED) is 0.304. The Morgan fingerprint density at radius 2 is 1.48 bits per heavy atom. The Bertz CT molecular complexity index is 888. The van der Waals surface area contributed by atoms with Crippen molar-refractivity contribution in [2.75, 3.05) is 0 Å². The summed E-state index contributed by atoms with van der Waals surface area (Å²) in [6.07, 6.45) is 7.26. The van der Waals surface area contributed by atoms with E-state index in [0.717, 1.165) is 70.6 Å². The average Bonchev–Trinajstić information content (AvgIpc) is 3.36. The molecule has 2 aromatic carbocycles. The van der Waals surface area contributed by atoms with Crippen molar-refractivity contribution >= 4 is 59.5 Å². The molecule has 1 amide bonds. The molecule has 0 radical (unpaired) electrons. The number of nitrogens with zero attached hydrogens (tertiary/aromatic N) is 2. The molecular formula is C25H29Br3N2O. The van der Waals surface area contributed by atoms with Crippen molar-refractivity contribution in [3.05, 3.63) is 68.6 Å². The first-order valence-electron chi connectivity index (χ1n) is 10.9. The molecule has 0 atom stereocenters. The highest BCUT2D eigenvalue weighted by Gasteiger charge is 2.49. The molecule has 2 aliphatic rings. The molecule has 1 spiro atoms. The summed E-state index contributed by atoms with van der Waals surface area (Å²) in [6, 6.07) is 16.5. The third-order valence-corrected chi connectivity index (χ3v) is 7.51. The number of carbonyl (C=O) groups is 1. The summed E-state index contributed by atoms with van der Waals surface area (Å²) in [4.78, 5) is 19.8. The zero-order valence-corrected chi connectivity index (χ0v) is 22.7. The zero-order valence-electron chi connectivity index (χ0n) is 17.9. The number of unbranched alkanes of at least 4 members (excludes halogenated alkanes) is 1. The fraction of sp³-hybridized carbons (Fsp3) is 0.440. The zero-order chi connectivity index (χ0) is 22.3. The lowest BCUT2D eigenvalue weighted by Crippen LogP contribution is -2.40. The van der Waals surface area contributed by atoms with Gasteiger partial charge in [0, 0.05) is 20.7 Å². The molecule has 0 unspecified atom stereocenters. The molecule has 1 fully saturated rings. The van der Waals surface area contributed by atoms with Crippen LogP contribution < -0.4 is 0 Å². The molecule has 1 aliphatic heterocycles. The first-order chi connectivity index (χ1) is 15.0. The van der Waals surface area contributed by atoms with Gasteiger partial charge >= 0.3 is 0 Å². The fourth-order valence-electron chi connectivity index (χ4n) is 4.04. The van der Waals surface area contributed by atoms with E-state index < -0.39 is 5.54 Å². The van der Waals surface area contributed by atoms with Gasteiger partial charge in [0.05, 0.1) is 6.54 Å². The normalized spacial score (nSPS) is 17.0. The minimum Gasteiger partial charge on any atom is -0.294 e. The second-order valence-electron chi connectivity index (χ2n) is 8.15. The lowest BCUT2D eigenvalue weighted by Gasteiger charge is -2.22. The molecule has 0 saturated heterocycles. The molecule has 0 N–H and O–H groups in total. The molecule has 2 aromatic rings. The molecule has 31 heavy (non-hydrogen) atoms. The molecule has 4 rings (SSSR count). The van der Waals surface area contributed by atoms with Gasteiger partial charge in [0.25, 0.3) is 5.91 Å². The second-order valence-corrected chi connectivity index (χ2v) is 10.5. The van der Waals surface area contributed by atoms with Gasteiger partial charge in [0.15, 0.2) is 0 Å². The number of amides is 1. The Labute approximate surface area is 211 Å². The van der Waals surface area contributed by atoms with Gasteiger partial charge in [-0.1, -0.05) is 98.2 Å². The smallest absolute Gasteiger partial charge is 0.256 e. The molecule has 0 bridgehead atoms. The van der Waals surface area contributed by atoms with Crippen LogP contribution in [0.3, 0.4) is 0 Å². The monoisotopic (exact) mass is 610 g/mol. The minimum absolute atomic E-state index is 0.235. The maximum atomic E-state index is 13.0. The van der Waals surface area contributed by atoms with Crippen LogP contribution in [0.4, 0.5) is 0 Å². The number of hydrogen-bond donors (Lipinski definition) is 0. The van der Waals surface area contributed by atoms with E-state index in [4.69, 9.17) is 4.99 Å². The molecule has 6 heteroatoms. The van der Waals surface area contributed by atoms with Crippen molar-refractivity contribution in [2.24, 2.45) is 4.99 Å². The highest BCUT2D eigenvalue weighted by Crippen LogP contribution is 2.40. The van der Waals surface area contributed by atoms with Crippen molar-refractivity contribution in [2.45, 2.75) is 69.3 Å². The Morgan fingerprint density at radius 3 is 2.00 bits per heavy atom. The lowest BCUT2D eigenvalue weighted by molar-refractivity contribution is -0.131. The van der Waals surface area contributed by atoms with Crippen molar-refractivity contribution in [3.63, 3.8) is 0 Å². The van der Waals surface area contributed by atoms with Crippen LogP contribution in [0.25, 0.3) is 0 Å². The summed E-state index contributed by atoms with van der Waals surface area (Å²) in [5.41, 5.74) is 2.05. The highest BCUT2D eigenvalue weighted by atomic mass is 79.9. The van der Waals surface area contributed by atoms with E-state index in [1.807, 2.05) is 29.2 Å². The van der Waals surface area contributed by atoms with Gasteiger partial charge in [-0.3, -0.25) is 14.7 Å². The van der Waals surface area contributed by atoms with E-state index in [9.17, 15) is 4.79 Å². The van der Waals surface area contributed by atoms with E-state index in [0.29, 0.717) is 6.54 Å². The summed E-state index contributed by atoms with van der Waals surface area (Å²) in [5, 5.41) is 0.931. The number of hydrogen-bond acceptors (Lipinski definition) is 2. The van der Waals surface area contributed by atoms with Crippen LogP contribution in [0, 0.1) is 0 Å². The van der Waals surface area contributed by atoms with Crippen molar-refractivity contribution in [3.8, 4) is 0 Å². The predicted molar refractivity (Wildman–Crippen MR) is 140 cm³/mol. The standard InChI is InChI=1S/C18H23BrN2O.C7H6Br2/c1-2-3-6-16-20-18(11-4-5-12-18)17(22)21(16)13-14-7-9-15(19)10-8-14;8-5-6-1-3-7(9)4-2-6/h7-10H,2-6,11-13H2,1H3;1-4H,5H2. The Morgan fingerprint density at radius 1 is 0.935 bits per heavy atom. The number of halogens is 3. The predicted octanol–water partition coefficient (Wildman–Crippen LogP) is 8.04. The number of amidine groups is 1. The molecule has 1 heterocycles. The van der Waals surface area contributed by atoms with E-state index in [1.165, 1.54) is 5.56 Å². The number of alkyl halides is 1. The molecule has 166 valence electrons. The molecule has 3 nitrogen and oxygen atoms in total. The SMILES string of the molecule is BrCc1ccc(Br)cc1.CCCCC1=NC2(CCCC2)C(=O)N1Cc1ccc(Br)cc1. The van der Waals surface area contributed by atoms with Crippen molar-refractivity contribution < 1.29 is 4.79 Å². The number of carbonyl (C=O) groups excluding carboxylic acids is 1. The molecule has 0 aromatic heterocycles. The Hall–Kier alpha value is -0.980. The second kappa shape index (κ2) is 11.8. The van der Waals surface area contributed by atoms with Crippen LogP contribution in [-0.4, -0.2) is 22.2 Å². The van der Waals surface area contributed by atoms with Gasteiger partial charge in [-0.2, -0.15) is 0 Å². The van der Waals surface area contributed by atoms with Gasteiger partial charge in [0.1, 0.15) is 11.4 Å². The highest BCUT2D eigenvalue weighted by molar-refractivity contribution is 9.10. The molecule has 1 aliphatic carbocycles. The summed E-state index contributed by atoms with van der Waals surface area (Å²) in [5.74, 6) is 1.25. The maximum absolute atomic E-state index is 13.0. The van der Waals surface area contributed by atoms with Gasteiger partial charge in [0.2, 0.25) is 0 Å². The van der Waals surface area contributed by atoms with Gasteiger partial charge in [-0.25, -0.2) is 0 Å². The van der Waals surface area contributed by atoms with E-state index in [2.05, 4.69) is 79.0 Å². The third kappa shape index (κ3) is 6.52. The maximum Gasteiger partial charge on any atom is 0.256 e. The fourth-order valence-corrected chi connectivity index (χ4v) is 4.95. The Kier molecular flexibility index (Phi) is 9.35. The van der Waals surface area contributed by atoms with Crippen LogP contribution >= 0.6 is 47.8 Å². The summed E-state index contributed by atoms with van der Waals surface area (Å²) in [7, 11) is 0. The van der Waals surface area contributed by atoms with E-state index in [-0.39, 0.29) is 5.91 Å². The Balaban J connectivity index is 0.000000254.